The van der Waals surface area contributed by atoms with Crippen molar-refractivity contribution in [1.29, 1.82) is 0 Å². The summed E-state index contributed by atoms with van der Waals surface area (Å²) in [6.45, 7) is 10.3. The van der Waals surface area contributed by atoms with Crippen LogP contribution in [0.1, 0.15) is 79.1 Å². The van der Waals surface area contributed by atoms with Gasteiger partial charge in [0.25, 0.3) is 0 Å². The minimum Gasteiger partial charge on any atom is -0.497 e. The van der Waals surface area contributed by atoms with Gasteiger partial charge in [-0.05, 0) is 111 Å². The van der Waals surface area contributed by atoms with Gasteiger partial charge in [-0.15, -0.1) is 0 Å². The van der Waals surface area contributed by atoms with Crippen LogP contribution >= 0.6 is 12.2 Å². The number of ether oxygens (including phenoxy) is 2. The van der Waals surface area contributed by atoms with Gasteiger partial charge in [0, 0.05) is 17.7 Å². The van der Waals surface area contributed by atoms with Crippen molar-refractivity contribution in [3.63, 3.8) is 0 Å². The van der Waals surface area contributed by atoms with E-state index < -0.39 is 0 Å². The molecule has 1 spiro atoms. The van der Waals surface area contributed by atoms with Crippen LogP contribution in [-0.4, -0.2) is 42.5 Å². The van der Waals surface area contributed by atoms with Crippen molar-refractivity contribution in [3.8, 4) is 5.75 Å². The lowest BCUT2D eigenvalue weighted by atomic mass is 9.39. The number of methoxy groups -OCH3 is 1. The van der Waals surface area contributed by atoms with E-state index in [9.17, 15) is 4.79 Å². The first-order chi connectivity index (χ1) is 18.1. The minimum atomic E-state index is -0.371. The lowest BCUT2D eigenvalue weighted by Gasteiger charge is -2.64. The summed E-state index contributed by atoms with van der Waals surface area (Å²) >= 11 is 5.95. The van der Waals surface area contributed by atoms with Gasteiger partial charge in [0.15, 0.2) is 5.11 Å². The van der Waals surface area contributed by atoms with Crippen LogP contribution in [0, 0.1) is 39.4 Å². The molecule has 7 heteroatoms. The number of carbonyl (C=O) groups excluding carboxylic acids is 1. The number of anilines is 1. The summed E-state index contributed by atoms with van der Waals surface area (Å²) in [6.07, 6.45) is 9.22. The van der Waals surface area contributed by atoms with Crippen LogP contribution in [0.4, 0.5) is 5.69 Å². The molecule has 1 heterocycles. The Kier molecular flexibility index (Phi) is 6.30. The van der Waals surface area contributed by atoms with Gasteiger partial charge in [-0.2, -0.15) is 0 Å². The fourth-order valence-electron chi connectivity index (χ4n) is 10.5. The van der Waals surface area contributed by atoms with E-state index in [1.165, 1.54) is 32.1 Å². The molecule has 8 atom stereocenters. The maximum Gasteiger partial charge on any atom is 0.312 e. The highest BCUT2D eigenvalue weighted by molar-refractivity contribution is 7.80. The average Bonchev–Trinajstić information content (AvgIpc) is 3.42. The van der Waals surface area contributed by atoms with E-state index in [1.54, 1.807) is 7.11 Å². The number of hydrogen-bond acceptors (Lipinski definition) is 5. The smallest absolute Gasteiger partial charge is 0.312 e. The molecule has 208 valence electrons. The van der Waals surface area contributed by atoms with E-state index in [0.717, 1.165) is 37.3 Å². The number of hydrogen-bond donors (Lipinski definition) is 1. The summed E-state index contributed by atoms with van der Waals surface area (Å²) in [7, 11) is 1.68. The molecule has 0 unspecified atom stereocenters. The molecule has 5 fully saturated rings. The van der Waals surface area contributed by atoms with E-state index >= 15 is 0 Å². The zero-order chi connectivity index (χ0) is 26.9. The summed E-state index contributed by atoms with van der Waals surface area (Å²) in [6, 6.07) is 8.16. The molecule has 2 bridgehead atoms. The third-order valence-corrected chi connectivity index (χ3v) is 12.1. The number of fused-ring (bicyclic) bond motifs is 5. The third-order valence-electron chi connectivity index (χ3n) is 11.8. The zero-order valence-corrected chi connectivity index (χ0v) is 24.5. The second-order valence-electron chi connectivity index (χ2n) is 13.6. The Morgan fingerprint density at radius 1 is 1.16 bits per heavy atom. The van der Waals surface area contributed by atoms with E-state index in [2.05, 4.69) is 31.2 Å². The lowest BCUT2D eigenvalue weighted by molar-refractivity contribution is -0.195. The Balaban J connectivity index is 1.29. The number of nitrogens with one attached hydrogen (secondary N) is 1. The second-order valence-corrected chi connectivity index (χ2v) is 14.0. The Morgan fingerprint density at radius 2 is 1.95 bits per heavy atom. The summed E-state index contributed by atoms with van der Waals surface area (Å²) in [4.78, 5) is 19.8. The molecule has 4 saturated carbocycles. The van der Waals surface area contributed by atoms with E-state index in [0.29, 0.717) is 29.5 Å². The molecule has 0 aromatic heterocycles. The predicted molar refractivity (Wildman–Crippen MR) is 152 cm³/mol. The summed E-state index contributed by atoms with van der Waals surface area (Å²) in [5, 5.41) is 6.12. The highest BCUT2D eigenvalue weighted by Gasteiger charge is 2.73. The van der Waals surface area contributed by atoms with Gasteiger partial charge in [-0.1, -0.05) is 26.3 Å². The maximum atomic E-state index is 13.3. The molecule has 38 heavy (non-hydrogen) atoms. The minimum absolute atomic E-state index is 0.0289. The zero-order valence-electron chi connectivity index (χ0n) is 23.7. The molecule has 1 aliphatic heterocycles. The number of nitrogens with zero attached hydrogens (tertiary/aromatic N) is 1. The number of carbonyl (C=O) groups is 1. The first-order valence-electron chi connectivity index (χ1n) is 14.7. The summed E-state index contributed by atoms with van der Waals surface area (Å²) < 4.78 is 11.1. The van der Waals surface area contributed by atoms with Gasteiger partial charge < -0.3 is 14.8 Å². The van der Waals surface area contributed by atoms with Gasteiger partial charge in [0.1, 0.15) is 5.75 Å². The van der Waals surface area contributed by atoms with Crippen molar-refractivity contribution < 1.29 is 19.1 Å². The molecular formula is C31H44N2O4S. The largest absolute Gasteiger partial charge is 0.497 e. The molecule has 6 rings (SSSR count). The fraction of sp³-hybridized carbons (Fsp3) is 0.742. The predicted octanol–water partition coefficient (Wildman–Crippen LogP) is 6.60. The van der Waals surface area contributed by atoms with Crippen molar-refractivity contribution in [3.05, 3.63) is 24.3 Å². The maximum absolute atomic E-state index is 13.3. The molecule has 1 aromatic rings. The van der Waals surface area contributed by atoms with Crippen LogP contribution < -0.4 is 10.1 Å². The van der Waals surface area contributed by atoms with E-state index in [1.807, 2.05) is 31.2 Å². The van der Waals surface area contributed by atoms with Gasteiger partial charge >= 0.3 is 5.97 Å². The standard InChI is InChI=1S/C31H44N2O4S/c1-6-36-26(34)30(4)14-8-13-29(3)23(30)12-16-31-19-28(2,15-11-24(29)31)25-22(31)18-37-33(25)27(38)32-20-9-7-10-21(17-20)35-5/h7,9-10,17,22-25H,6,8,11-16,18-19H2,1-5H3,(H,32,38)/t22-,23+,24+,25+,28+,29-,30-,31-/m1/s1. The molecule has 1 saturated heterocycles. The third kappa shape index (κ3) is 3.59. The van der Waals surface area contributed by atoms with Crippen LogP contribution in [0.15, 0.2) is 24.3 Å². The first kappa shape index (κ1) is 26.4. The number of thiocarbonyl (C=S) groups is 1. The van der Waals surface area contributed by atoms with E-state index in [-0.39, 0.29) is 33.7 Å². The quantitative estimate of drug-likeness (QED) is 0.341. The number of rotatable bonds is 4. The van der Waals surface area contributed by atoms with E-state index in [4.69, 9.17) is 26.5 Å². The fourth-order valence-corrected chi connectivity index (χ4v) is 10.8. The first-order valence-corrected chi connectivity index (χ1v) is 15.1. The van der Waals surface area contributed by atoms with Crippen molar-refractivity contribution in [1.82, 2.24) is 5.06 Å². The van der Waals surface area contributed by atoms with Gasteiger partial charge in [-0.25, -0.2) is 5.06 Å². The Hall–Kier alpha value is -1.86. The molecular weight excluding hydrogens is 496 g/mol. The number of hydroxylamine groups is 2. The van der Waals surface area contributed by atoms with Crippen LogP contribution in [-0.2, 0) is 14.4 Å². The highest BCUT2D eigenvalue weighted by atomic mass is 32.1. The van der Waals surface area contributed by atoms with Crippen molar-refractivity contribution in [2.24, 2.45) is 39.4 Å². The van der Waals surface area contributed by atoms with Gasteiger partial charge in [0.05, 0.1) is 31.8 Å². The normalized spacial score (nSPS) is 43.0. The second kappa shape index (κ2) is 9.09. The lowest BCUT2D eigenvalue weighted by Crippen LogP contribution is -2.60. The molecule has 5 aliphatic rings. The molecule has 0 amide bonds. The monoisotopic (exact) mass is 540 g/mol. The Morgan fingerprint density at radius 3 is 2.71 bits per heavy atom. The van der Waals surface area contributed by atoms with Crippen molar-refractivity contribution in [2.45, 2.75) is 85.1 Å². The van der Waals surface area contributed by atoms with Crippen LogP contribution in [0.5, 0.6) is 5.75 Å². The SMILES string of the molecule is CCOC(=O)[C@]1(C)CCC[C@@]2(C)[C@@H]3CC[C@@]4(C)C[C@]3(CC[C@@H]21)[C@@H]1CON(C(=S)Nc2cccc(OC)c2)[C@@H]14. The Labute approximate surface area is 233 Å². The van der Waals surface area contributed by atoms with Crippen molar-refractivity contribution >= 4 is 29.0 Å². The van der Waals surface area contributed by atoms with Crippen LogP contribution in [0.3, 0.4) is 0 Å². The highest BCUT2D eigenvalue weighted by Crippen LogP contribution is 2.76. The van der Waals surface area contributed by atoms with Crippen LogP contribution in [0.25, 0.3) is 0 Å². The topological polar surface area (TPSA) is 60.0 Å². The Bertz CT molecular complexity index is 1130. The molecule has 1 N–H and O–H groups in total. The average molecular weight is 541 g/mol. The summed E-state index contributed by atoms with van der Waals surface area (Å²) in [5.74, 6) is 2.28. The molecule has 0 radical (unpaired) electrons. The molecule has 4 aliphatic carbocycles. The number of benzene rings is 1. The van der Waals surface area contributed by atoms with Gasteiger partial charge in [-0.3, -0.25) is 9.63 Å². The number of esters is 1. The molecule has 1 aromatic carbocycles. The van der Waals surface area contributed by atoms with Gasteiger partial charge in [0.2, 0.25) is 0 Å². The van der Waals surface area contributed by atoms with Crippen molar-refractivity contribution in [2.75, 3.05) is 25.6 Å². The summed E-state index contributed by atoms with van der Waals surface area (Å²) in [5.41, 5.74) is 1.11. The van der Waals surface area contributed by atoms with Crippen LogP contribution in [0.2, 0.25) is 0 Å². The molecule has 6 nitrogen and oxygen atoms in total.